The Morgan fingerprint density at radius 2 is 1.97 bits per heavy atom. The molecule has 3 aromatic heterocycles. The molecule has 0 radical (unpaired) electrons. The van der Waals surface area contributed by atoms with Crippen LogP contribution < -0.4 is 5.32 Å². The van der Waals surface area contributed by atoms with Crippen LogP contribution in [0.15, 0.2) is 43.1 Å². The number of carbonyl (C=O) groups excluding carboxylic acids is 1. The standard InChI is InChI=1S/C23H30N6O/c1-16(2)17(3)27-23(30)21-22-25-10-6-20(29(22)15-26-21)19-7-11-28(12-8-19)14-18-5-4-9-24-13-18/h4-6,9-10,13,15-17,19H,7-8,11-12,14H2,1-3H3,(H,27,30)/t17-/m0/s1. The Hall–Kier alpha value is -2.80. The number of nitrogens with one attached hydrogen (secondary N) is 1. The summed E-state index contributed by atoms with van der Waals surface area (Å²) in [5.41, 5.74) is 3.48. The van der Waals surface area contributed by atoms with Crippen molar-refractivity contribution in [3.05, 3.63) is 60.1 Å². The summed E-state index contributed by atoms with van der Waals surface area (Å²) < 4.78 is 2.00. The Morgan fingerprint density at radius 3 is 2.67 bits per heavy atom. The SMILES string of the molecule is CC(C)[C@H](C)NC(=O)c1ncn2c(C3CCN(Cc4cccnc4)CC3)ccnc12. The number of rotatable bonds is 6. The van der Waals surface area contributed by atoms with Crippen molar-refractivity contribution in [3.8, 4) is 0 Å². The van der Waals surface area contributed by atoms with E-state index in [9.17, 15) is 4.79 Å². The predicted octanol–water partition coefficient (Wildman–Crippen LogP) is 3.28. The fraction of sp³-hybridized carbons (Fsp3) is 0.478. The summed E-state index contributed by atoms with van der Waals surface area (Å²) in [6, 6.07) is 6.27. The Kier molecular flexibility index (Phi) is 6.08. The lowest BCUT2D eigenvalue weighted by Crippen LogP contribution is -2.36. The van der Waals surface area contributed by atoms with Crippen LogP contribution in [-0.2, 0) is 6.54 Å². The average molecular weight is 407 g/mol. The Labute approximate surface area is 177 Å². The first-order chi connectivity index (χ1) is 14.5. The lowest BCUT2D eigenvalue weighted by atomic mass is 9.93. The fourth-order valence-corrected chi connectivity index (χ4v) is 3.99. The maximum atomic E-state index is 12.7. The average Bonchev–Trinajstić information content (AvgIpc) is 3.19. The third kappa shape index (κ3) is 4.36. The molecule has 1 N–H and O–H groups in total. The number of fused-ring (bicyclic) bond motifs is 1. The second-order valence-corrected chi connectivity index (χ2v) is 8.57. The smallest absolute Gasteiger partial charge is 0.274 e. The number of amides is 1. The molecule has 1 aliphatic rings. The lowest BCUT2D eigenvalue weighted by Gasteiger charge is -2.32. The molecule has 0 aromatic carbocycles. The van der Waals surface area contributed by atoms with E-state index in [4.69, 9.17) is 0 Å². The van der Waals surface area contributed by atoms with Crippen LogP contribution in [0, 0.1) is 5.92 Å². The molecule has 1 fully saturated rings. The highest BCUT2D eigenvalue weighted by molar-refractivity contribution is 5.98. The van der Waals surface area contributed by atoms with E-state index in [0.29, 0.717) is 23.2 Å². The number of carbonyl (C=O) groups is 1. The first kappa shape index (κ1) is 20.5. The molecular weight excluding hydrogens is 376 g/mol. The van der Waals surface area contributed by atoms with Crippen LogP contribution in [0.4, 0.5) is 0 Å². The molecule has 1 aliphatic heterocycles. The van der Waals surface area contributed by atoms with Gasteiger partial charge in [-0.05, 0) is 56.5 Å². The molecule has 0 aliphatic carbocycles. The number of aromatic nitrogens is 4. The van der Waals surface area contributed by atoms with Crippen molar-refractivity contribution in [2.24, 2.45) is 5.92 Å². The monoisotopic (exact) mass is 406 g/mol. The van der Waals surface area contributed by atoms with E-state index in [2.05, 4.69) is 51.1 Å². The largest absolute Gasteiger partial charge is 0.348 e. The van der Waals surface area contributed by atoms with Gasteiger partial charge in [-0.1, -0.05) is 19.9 Å². The second kappa shape index (κ2) is 8.92. The molecule has 0 unspecified atom stereocenters. The molecule has 7 heteroatoms. The molecule has 0 saturated carbocycles. The van der Waals surface area contributed by atoms with Gasteiger partial charge in [0.1, 0.15) is 6.33 Å². The van der Waals surface area contributed by atoms with Crippen LogP contribution in [0.25, 0.3) is 5.65 Å². The molecule has 158 valence electrons. The Balaban J connectivity index is 1.46. The van der Waals surface area contributed by atoms with E-state index in [1.54, 1.807) is 12.5 Å². The van der Waals surface area contributed by atoms with Crippen LogP contribution in [0.3, 0.4) is 0 Å². The molecule has 7 nitrogen and oxygen atoms in total. The van der Waals surface area contributed by atoms with Crippen LogP contribution in [0.2, 0.25) is 0 Å². The topological polar surface area (TPSA) is 75.4 Å². The van der Waals surface area contributed by atoms with Gasteiger partial charge < -0.3 is 5.32 Å². The second-order valence-electron chi connectivity index (χ2n) is 8.57. The zero-order valence-electron chi connectivity index (χ0n) is 18.0. The van der Waals surface area contributed by atoms with Crippen molar-refractivity contribution in [2.75, 3.05) is 13.1 Å². The lowest BCUT2D eigenvalue weighted by molar-refractivity contribution is 0.0927. The molecule has 4 rings (SSSR count). The predicted molar refractivity (Wildman–Crippen MR) is 116 cm³/mol. The van der Waals surface area contributed by atoms with Gasteiger partial charge in [-0.15, -0.1) is 0 Å². The van der Waals surface area contributed by atoms with Crippen LogP contribution in [-0.4, -0.2) is 49.3 Å². The van der Waals surface area contributed by atoms with E-state index in [1.807, 2.05) is 29.8 Å². The van der Waals surface area contributed by atoms with E-state index < -0.39 is 0 Å². The van der Waals surface area contributed by atoms with Crippen LogP contribution in [0.1, 0.15) is 61.3 Å². The number of pyridine rings is 1. The summed E-state index contributed by atoms with van der Waals surface area (Å²) in [5.74, 6) is 0.637. The van der Waals surface area contributed by atoms with Gasteiger partial charge in [-0.2, -0.15) is 0 Å². The first-order valence-electron chi connectivity index (χ1n) is 10.8. The number of nitrogens with zero attached hydrogens (tertiary/aromatic N) is 5. The number of piperidine rings is 1. The van der Waals surface area contributed by atoms with E-state index in [-0.39, 0.29) is 11.9 Å². The van der Waals surface area contributed by atoms with Gasteiger partial charge in [0.25, 0.3) is 5.91 Å². The number of hydrogen-bond acceptors (Lipinski definition) is 5. The van der Waals surface area contributed by atoms with Crippen molar-refractivity contribution >= 4 is 11.6 Å². The summed E-state index contributed by atoms with van der Waals surface area (Å²) in [6.07, 6.45) is 9.45. The zero-order valence-corrected chi connectivity index (χ0v) is 18.0. The quantitative estimate of drug-likeness (QED) is 0.680. The Bertz CT molecular complexity index is 991. The van der Waals surface area contributed by atoms with E-state index in [1.165, 1.54) is 11.3 Å². The molecule has 1 atom stereocenters. The van der Waals surface area contributed by atoms with Gasteiger partial charge in [0, 0.05) is 42.8 Å². The summed E-state index contributed by atoms with van der Waals surface area (Å²) >= 11 is 0. The molecular formula is C23H30N6O. The van der Waals surface area contributed by atoms with E-state index >= 15 is 0 Å². The molecule has 1 amide bonds. The molecule has 30 heavy (non-hydrogen) atoms. The van der Waals surface area contributed by atoms with Crippen molar-refractivity contribution < 1.29 is 4.79 Å². The van der Waals surface area contributed by atoms with Gasteiger partial charge in [0.15, 0.2) is 11.3 Å². The minimum atomic E-state index is -0.158. The molecule has 1 saturated heterocycles. The van der Waals surface area contributed by atoms with Gasteiger partial charge in [0.2, 0.25) is 0 Å². The third-order valence-corrected chi connectivity index (χ3v) is 6.17. The molecule has 4 heterocycles. The van der Waals surface area contributed by atoms with Gasteiger partial charge in [-0.25, -0.2) is 9.97 Å². The highest BCUT2D eigenvalue weighted by Crippen LogP contribution is 2.29. The zero-order chi connectivity index (χ0) is 21.1. The number of hydrogen-bond donors (Lipinski definition) is 1. The van der Waals surface area contributed by atoms with E-state index in [0.717, 1.165) is 32.5 Å². The highest BCUT2D eigenvalue weighted by Gasteiger charge is 2.25. The maximum Gasteiger partial charge on any atom is 0.274 e. The molecule has 0 bridgehead atoms. The maximum absolute atomic E-state index is 12.7. The normalized spacial score (nSPS) is 16.8. The van der Waals surface area contributed by atoms with Crippen molar-refractivity contribution in [3.63, 3.8) is 0 Å². The minimum absolute atomic E-state index is 0.0848. The number of imidazole rings is 1. The number of likely N-dealkylation sites (tertiary alicyclic amines) is 1. The summed E-state index contributed by atoms with van der Waals surface area (Å²) in [6.45, 7) is 9.21. The van der Waals surface area contributed by atoms with Crippen LogP contribution >= 0.6 is 0 Å². The third-order valence-electron chi connectivity index (χ3n) is 6.17. The van der Waals surface area contributed by atoms with Gasteiger partial charge in [0.05, 0.1) is 0 Å². The minimum Gasteiger partial charge on any atom is -0.348 e. The summed E-state index contributed by atoms with van der Waals surface area (Å²) in [7, 11) is 0. The first-order valence-corrected chi connectivity index (χ1v) is 10.8. The van der Waals surface area contributed by atoms with Gasteiger partial charge >= 0.3 is 0 Å². The molecule has 3 aromatic rings. The Morgan fingerprint density at radius 1 is 1.17 bits per heavy atom. The fourth-order valence-electron chi connectivity index (χ4n) is 3.99. The highest BCUT2D eigenvalue weighted by atomic mass is 16.2. The summed E-state index contributed by atoms with van der Waals surface area (Å²) in [5, 5.41) is 3.04. The van der Waals surface area contributed by atoms with Crippen LogP contribution in [0.5, 0.6) is 0 Å². The van der Waals surface area contributed by atoms with Crippen molar-refractivity contribution in [2.45, 2.75) is 52.1 Å². The van der Waals surface area contributed by atoms with Crippen molar-refractivity contribution in [1.29, 1.82) is 0 Å². The molecule has 0 spiro atoms. The van der Waals surface area contributed by atoms with Crippen molar-refractivity contribution in [1.82, 2.24) is 29.6 Å². The summed E-state index contributed by atoms with van der Waals surface area (Å²) in [4.78, 5) is 28.3. The van der Waals surface area contributed by atoms with Gasteiger partial charge in [-0.3, -0.25) is 19.1 Å².